The second-order valence-corrected chi connectivity index (χ2v) is 4.53. The van der Waals surface area contributed by atoms with Crippen molar-refractivity contribution in [1.29, 1.82) is 0 Å². The van der Waals surface area contributed by atoms with Crippen LogP contribution in [0, 0.1) is 5.82 Å². The highest BCUT2D eigenvalue weighted by molar-refractivity contribution is 9.10. The van der Waals surface area contributed by atoms with Crippen molar-refractivity contribution in [2.24, 2.45) is 0 Å². The highest BCUT2D eigenvalue weighted by atomic mass is 79.9. The van der Waals surface area contributed by atoms with Gasteiger partial charge >= 0.3 is 0 Å². The van der Waals surface area contributed by atoms with Crippen LogP contribution in [-0.4, -0.2) is 22.4 Å². The first-order valence-electron chi connectivity index (χ1n) is 5.38. The maximum atomic E-state index is 13.5. The van der Waals surface area contributed by atoms with E-state index >= 15 is 0 Å². The Bertz CT molecular complexity index is 522. The van der Waals surface area contributed by atoms with Crippen molar-refractivity contribution in [3.63, 3.8) is 0 Å². The van der Waals surface area contributed by atoms with Gasteiger partial charge in [-0.05, 0) is 28.1 Å². The van der Waals surface area contributed by atoms with Gasteiger partial charge in [-0.15, -0.1) is 0 Å². The number of nitrogens with one attached hydrogen (secondary N) is 2. The lowest BCUT2D eigenvalue weighted by Crippen LogP contribution is -2.27. The fraction of sp³-hybridized carbons (Fsp3) is 0.167. The van der Waals surface area contributed by atoms with Crippen molar-refractivity contribution < 1.29 is 9.18 Å². The Morgan fingerprint density at radius 2 is 2.33 bits per heavy atom. The van der Waals surface area contributed by atoms with E-state index in [1.54, 1.807) is 24.7 Å². The molecule has 0 saturated heterocycles. The number of H-pyrrole nitrogens is 1. The lowest BCUT2D eigenvalue weighted by molar-refractivity contribution is 0.0949. The van der Waals surface area contributed by atoms with E-state index in [1.807, 2.05) is 0 Å². The molecule has 6 heteroatoms. The minimum Gasteiger partial charge on any atom is -0.352 e. The molecular formula is C12H11BrFN3O. The van der Waals surface area contributed by atoms with Gasteiger partial charge in [-0.25, -0.2) is 9.37 Å². The van der Waals surface area contributed by atoms with Gasteiger partial charge in [0.2, 0.25) is 0 Å². The molecule has 0 aliphatic carbocycles. The van der Waals surface area contributed by atoms with Gasteiger partial charge in [0.1, 0.15) is 5.82 Å². The van der Waals surface area contributed by atoms with Crippen LogP contribution in [0.25, 0.3) is 0 Å². The lowest BCUT2D eigenvalue weighted by Gasteiger charge is -2.07. The van der Waals surface area contributed by atoms with Gasteiger partial charge in [0.25, 0.3) is 5.91 Å². The van der Waals surface area contributed by atoms with Gasteiger partial charge in [0.05, 0.1) is 11.9 Å². The zero-order valence-corrected chi connectivity index (χ0v) is 11.0. The normalized spacial score (nSPS) is 10.3. The Balaban J connectivity index is 1.96. The van der Waals surface area contributed by atoms with Crippen molar-refractivity contribution in [1.82, 2.24) is 15.3 Å². The van der Waals surface area contributed by atoms with E-state index in [0.717, 1.165) is 5.69 Å². The van der Waals surface area contributed by atoms with Crippen LogP contribution in [0.3, 0.4) is 0 Å². The Morgan fingerprint density at radius 3 is 3.00 bits per heavy atom. The summed E-state index contributed by atoms with van der Waals surface area (Å²) in [6.07, 6.45) is 3.88. The molecule has 0 atom stereocenters. The number of rotatable bonds is 4. The molecule has 1 heterocycles. The summed E-state index contributed by atoms with van der Waals surface area (Å²) in [5.74, 6) is -0.970. The predicted octanol–water partition coefficient (Wildman–Crippen LogP) is 2.28. The molecule has 0 saturated carbocycles. The molecule has 94 valence electrons. The number of nitrogens with zero attached hydrogens (tertiary/aromatic N) is 1. The molecule has 0 unspecified atom stereocenters. The topological polar surface area (TPSA) is 57.8 Å². The standard InChI is InChI=1S/C12H11BrFN3O/c13-9-2-1-3-10(14)11(9)12(18)16-5-4-8-6-15-7-17-8/h1-3,6-7H,4-5H2,(H,15,17)(H,16,18). The molecule has 0 aliphatic rings. The summed E-state index contributed by atoms with van der Waals surface area (Å²) in [6.45, 7) is 0.418. The molecule has 0 aliphatic heterocycles. The molecule has 4 nitrogen and oxygen atoms in total. The Kier molecular flexibility index (Phi) is 4.09. The molecule has 2 N–H and O–H groups in total. The first-order valence-corrected chi connectivity index (χ1v) is 6.17. The third-order valence-corrected chi connectivity index (χ3v) is 3.09. The van der Waals surface area contributed by atoms with Gasteiger partial charge in [-0.2, -0.15) is 0 Å². The van der Waals surface area contributed by atoms with Gasteiger partial charge in [0, 0.05) is 29.3 Å². The van der Waals surface area contributed by atoms with Crippen molar-refractivity contribution in [3.05, 3.63) is 52.3 Å². The maximum absolute atomic E-state index is 13.5. The van der Waals surface area contributed by atoms with Gasteiger partial charge in [-0.3, -0.25) is 4.79 Å². The van der Waals surface area contributed by atoms with Crippen LogP contribution < -0.4 is 5.32 Å². The number of carbonyl (C=O) groups is 1. The van der Waals surface area contributed by atoms with Crippen LogP contribution in [0.2, 0.25) is 0 Å². The molecule has 1 aromatic heterocycles. The van der Waals surface area contributed by atoms with E-state index < -0.39 is 11.7 Å². The summed E-state index contributed by atoms with van der Waals surface area (Å²) in [5, 5.41) is 2.66. The largest absolute Gasteiger partial charge is 0.352 e. The summed E-state index contributed by atoms with van der Waals surface area (Å²) >= 11 is 3.16. The van der Waals surface area contributed by atoms with Crippen molar-refractivity contribution in [3.8, 4) is 0 Å². The molecule has 2 aromatic rings. The minimum absolute atomic E-state index is 0.0297. The van der Waals surface area contributed by atoms with Crippen molar-refractivity contribution in [2.75, 3.05) is 6.54 Å². The van der Waals surface area contributed by atoms with E-state index in [0.29, 0.717) is 17.4 Å². The number of imidazole rings is 1. The van der Waals surface area contributed by atoms with Gasteiger partial charge in [0.15, 0.2) is 0 Å². The summed E-state index contributed by atoms with van der Waals surface area (Å²) in [4.78, 5) is 18.6. The van der Waals surface area contributed by atoms with Gasteiger partial charge in [-0.1, -0.05) is 6.07 Å². The Hall–Kier alpha value is -1.69. The predicted molar refractivity (Wildman–Crippen MR) is 68.7 cm³/mol. The SMILES string of the molecule is O=C(NCCc1cnc[nH]1)c1c(F)cccc1Br. The van der Waals surface area contributed by atoms with E-state index in [9.17, 15) is 9.18 Å². The number of amides is 1. The molecule has 0 radical (unpaired) electrons. The van der Waals surface area contributed by atoms with Gasteiger partial charge < -0.3 is 10.3 Å². The fourth-order valence-electron chi connectivity index (χ4n) is 1.54. The quantitative estimate of drug-likeness (QED) is 0.910. The van der Waals surface area contributed by atoms with Crippen LogP contribution in [0.1, 0.15) is 16.1 Å². The van der Waals surface area contributed by atoms with E-state index in [4.69, 9.17) is 0 Å². The maximum Gasteiger partial charge on any atom is 0.255 e. The smallest absolute Gasteiger partial charge is 0.255 e. The second-order valence-electron chi connectivity index (χ2n) is 3.68. The highest BCUT2D eigenvalue weighted by Crippen LogP contribution is 2.19. The third kappa shape index (κ3) is 2.95. The Morgan fingerprint density at radius 1 is 1.50 bits per heavy atom. The molecule has 2 rings (SSSR count). The number of carbonyl (C=O) groups excluding carboxylic acids is 1. The van der Waals surface area contributed by atoms with Crippen LogP contribution in [-0.2, 0) is 6.42 Å². The third-order valence-electron chi connectivity index (χ3n) is 2.42. The summed E-state index contributed by atoms with van der Waals surface area (Å²) in [6, 6.07) is 4.43. The summed E-state index contributed by atoms with van der Waals surface area (Å²) in [5.41, 5.74) is 0.949. The molecule has 0 fully saturated rings. The monoisotopic (exact) mass is 311 g/mol. The summed E-state index contributed by atoms with van der Waals surface area (Å²) < 4.78 is 13.9. The number of halogens is 2. The zero-order valence-electron chi connectivity index (χ0n) is 9.41. The minimum atomic E-state index is -0.539. The van der Waals surface area contributed by atoms with Crippen molar-refractivity contribution >= 4 is 21.8 Å². The van der Waals surface area contributed by atoms with Crippen molar-refractivity contribution in [2.45, 2.75) is 6.42 Å². The molecule has 1 aromatic carbocycles. The van der Waals surface area contributed by atoms with Crippen LogP contribution in [0.5, 0.6) is 0 Å². The molecule has 1 amide bonds. The number of aromatic nitrogens is 2. The number of benzene rings is 1. The average Bonchev–Trinajstić information content (AvgIpc) is 2.82. The van der Waals surface area contributed by atoms with E-state index in [1.165, 1.54) is 6.07 Å². The summed E-state index contributed by atoms with van der Waals surface area (Å²) in [7, 11) is 0. The first-order chi connectivity index (χ1) is 8.68. The highest BCUT2D eigenvalue weighted by Gasteiger charge is 2.14. The Labute approximate surface area is 112 Å². The number of aromatic amines is 1. The average molecular weight is 312 g/mol. The molecule has 18 heavy (non-hydrogen) atoms. The molecular weight excluding hydrogens is 301 g/mol. The van der Waals surface area contributed by atoms with E-state index in [-0.39, 0.29) is 5.56 Å². The zero-order chi connectivity index (χ0) is 13.0. The second kappa shape index (κ2) is 5.77. The lowest BCUT2D eigenvalue weighted by atomic mass is 10.2. The van der Waals surface area contributed by atoms with Crippen LogP contribution in [0.4, 0.5) is 4.39 Å². The molecule has 0 bridgehead atoms. The van der Waals surface area contributed by atoms with Crippen LogP contribution in [0.15, 0.2) is 35.2 Å². The van der Waals surface area contributed by atoms with E-state index in [2.05, 4.69) is 31.2 Å². The first kappa shape index (κ1) is 12.8. The van der Waals surface area contributed by atoms with Crippen LogP contribution >= 0.6 is 15.9 Å². The number of hydrogen-bond donors (Lipinski definition) is 2. The fourth-order valence-corrected chi connectivity index (χ4v) is 2.06. The molecule has 0 spiro atoms. The number of hydrogen-bond acceptors (Lipinski definition) is 2.